The van der Waals surface area contributed by atoms with Gasteiger partial charge in [-0.1, -0.05) is 6.07 Å². The molecule has 0 saturated heterocycles. The van der Waals surface area contributed by atoms with Crippen molar-refractivity contribution >= 4 is 11.9 Å². The molecule has 0 spiro atoms. The van der Waals surface area contributed by atoms with Crippen molar-refractivity contribution < 1.29 is 49.6 Å². The Hall–Kier alpha value is -4.12. The van der Waals surface area contributed by atoms with Gasteiger partial charge in [0.15, 0.2) is 5.75 Å². The maximum Gasteiger partial charge on any atom is 0.344 e. The first kappa shape index (κ1) is 22.6. The maximum atomic E-state index is 12.3. The molecule has 10 heteroatoms. The number of carboxylic acids is 1. The zero-order valence-corrected chi connectivity index (χ0v) is 16.4. The number of phenols is 2. The number of aromatic carboxylic acids is 1. The summed E-state index contributed by atoms with van der Waals surface area (Å²) in [7, 11) is 0. The minimum atomic E-state index is -1.38. The van der Waals surface area contributed by atoms with Gasteiger partial charge < -0.3 is 24.9 Å². The molecule has 3 aromatic carbocycles. The third-order valence-electron chi connectivity index (χ3n) is 4.27. The third-order valence-corrected chi connectivity index (χ3v) is 4.27. The van der Waals surface area contributed by atoms with E-state index in [1.54, 1.807) is 6.07 Å². The molecule has 3 aromatic rings. The van der Waals surface area contributed by atoms with Crippen LogP contribution in [0.5, 0.6) is 23.0 Å². The van der Waals surface area contributed by atoms with Crippen LogP contribution in [0, 0.1) is 0 Å². The van der Waals surface area contributed by atoms with Gasteiger partial charge in [0.05, 0.1) is 11.1 Å². The van der Waals surface area contributed by atoms with Crippen LogP contribution in [0.4, 0.5) is 0 Å². The normalized spacial score (nSPS) is 10.5. The van der Waals surface area contributed by atoms with Crippen LogP contribution in [0.1, 0.15) is 31.8 Å². The molecule has 0 unspecified atom stereocenters. The molecule has 4 N–H and O–H groups in total. The van der Waals surface area contributed by atoms with E-state index in [9.17, 15) is 24.9 Å². The average Bonchev–Trinajstić information content (AvgIpc) is 2.76. The van der Waals surface area contributed by atoms with Gasteiger partial charge >= 0.3 is 11.9 Å². The van der Waals surface area contributed by atoms with Crippen LogP contribution in [0.25, 0.3) is 0 Å². The van der Waals surface area contributed by atoms with E-state index >= 15 is 0 Å². The second kappa shape index (κ2) is 10.3. The Morgan fingerprint density at radius 2 is 1.41 bits per heavy atom. The van der Waals surface area contributed by atoms with E-state index in [0.717, 1.165) is 12.1 Å². The molecule has 3 rings (SSSR count). The van der Waals surface area contributed by atoms with Crippen molar-refractivity contribution in [2.45, 2.75) is 13.2 Å². The number of benzene rings is 3. The number of carbonyl (C=O) groups excluding carboxylic acids is 1. The molecular weight excluding hydrogens is 424 g/mol. The van der Waals surface area contributed by atoms with Crippen molar-refractivity contribution in [1.29, 1.82) is 0 Å². The van der Waals surface area contributed by atoms with E-state index in [4.69, 9.17) is 19.8 Å². The molecule has 0 aliphatic rings. The lowest BCUT2D eigenvalue weighted by Gasteiger charge is -2.10. The first-order chi connectivity index (χ1) is 15.4. The lowest BCUT2D eigenvalue weighted by molar-refractivity contribution is -0.253. The number of aromatic hydroxyl groups is 2. The summed E-state index contributed by atoms with van der Waals surface area (Å²) in [5.74, 6) is -2.14. The van der Waals surface area contributed by atoms with E-state index < -0.39 is 11.9 Å². The Labute approximate surface area is 181 Å². The lowest BCUT2D eigenvalue weighted by atomic mass is 10.1. The second-order valence-electron chi connectivity index (χ2n) is 6.47. The number of hydrogen-bond donors (Lipinski definition) is 4. The Morgan fingerprint density at radius 3 is 2.09 bits per heavy atom. The predicted octanol–water partition coefficient (Wildman–Crippen LogP) is 3.52. The van der Waals surface area contributed by atoms with Gasteiger partial charge in [-0.15, -0.1) is 0 Å². The van der Waals surface area contributed by atoms with Gasteiger partial charge in [0, 0.05) is 0 Å². The van der Waals surface area contributed by atoms with Crippen LogP contribution < -0.4 is 9.62 Å². The van der Waals surface area contributed by atoms with Crippen molar-refractivity contribution in [3.63, 3.8) is 0 Å². The zero-order valence-electron chi connectivity index (χ0n) is 16.4. The number of carboxylic acid groups (broad SMARTS) is 1. The molecule has 0 aromatic heterocycles. The third kappa shape index (κ3) is 5.73. The van der Waals surface area contributed by atoms with Crippen molar-refractivity contribution in [3.05, 3.63) is 82.9 Å². The molecule has 0 aliphatic heterocycles. The molecule has 0 heterocycles. The second-order valence-corrected chi connectivity index (χ2v) is 6.47. The largest absolute Gasteiger partial charge is 0.508 e. The summed E-state index contributed by atoms with van der Waals surface area (Å²) in [4.78, 5) is 38.0. The Bertz CT molecular complexity index is 1110. The van der Waals surface area contributed by atoms with E-state index in [1.165, 1.54) is 42.5 Å². The van der Waals surface area contributed by atoms with Gasteiger partial charge in [-0.25, -0.2) is 14.5 Å². The Balaban J connectivity index is 1.59. The minimum Gasteiger partial charge on any atom is -0.508 e. The Kier molecular flexibility index (Phi) is 7.24. The van der Waals surface area contributed by atoms with Gasteiger partial charge in [0.25, 0.3) is 0 Å². The summed E-state index contributed by atoms with van der Waals surface area (Å²) in [6.45, 7) is -0.147. The zero-order chi connectivity index (χ0) is 23.1. The van der Waals surface area contributed by atoms with E-state index in [0.29, 0.717) is 16.9 Å². The molecule has 0 bridgehead atoms. The molecule has 0 aliphatic carbocycles. The Morgan fingerprint density at radius 1 is 0.750 bits per heavy atom. The van der Waals surface area contributed by atoms with E-state index in [2.05, 4.69) is 4.89 Å². The summed E-state index contributed by atoms with van der Waals surface area (Å²) in [6, 6.07) is 13.5. The molecule has 0 atom stereocenters. The fourth-order valence-electron chi connectivity index (χ4n) is 2.73. The van der Waals surface area contributed by atoms with Crippen molar-refractivity contribution in [1.82, 2.24) is 0 Å². The molecule has 0 saturated carbocycles. The summed E-state index contributed by atoms with van der Waals surface area (Å²) < 4.78 is 5.17. The number of esters is 1. The van der Waals surface area contributed by atoms with Gasteiger partial charge in [-0.3, -0.25) is 5.26 Å². The van der Waals surface area contributed by atoms with E-state index in [1.807, 2.05) is 0 Å². The average molecular weight is 442 g/mol. The van der Waals surface area contributed by atoms with Crippen LogP contribution in [0.2, 0.25) is 0 Å². The van der Waals surface area contributed by atoms with Crippen LogP contribution in [0.15, 0.2) is 60.7 Å². The van der Waals surface area contributed by atoms with Crippen molar-refractivity contribution in [2.75, 3.05) is 0 Å². The molecule has 32 heavy (non-hydrogen) atoms. The summed E-state index contributed by atoms with van der Waals surface area (Å²) in [5.41, 5.74) is 0.526. The molecule has 0 radical (unpaired) electrons. The number of hydrogen-bond acceptors (Lipinski definition) is 9. The summed E-state index contributed by atoms with van der Waals surface area (Å²) in [5, 5.41) is 36.7. The maximum absolute atomic E-state index is 12.3. The van der Waals surface area contributed by atoms with Gasteiger partial charge in [0.1, 0.15) is 30.5 Å². The topological polar surface area (TPSA) is 152 Å². The quantitative estimate of drug-likeness (QED) is 0.168. The van der Waals surface area contributed by atoms with Crippen LogP contribution in [-0.4, -0.2) is 32.5 Å². The monoisotopic (exact) mass is 442 g/mol. The first-order valence-electron chi connectivity index (χ1n) is 9.12. The molecule has 166 valence electrons. The predicted molar refractivity (Wildman–Crippen MR) is 107 cm³/mol. The highest BCUT2D eigenvalue weighted by Crippen LogP contribution is 2.23. The van der Waals surface area contributed by atoms with Crippen LogP contribution in [-0.2, 0) is 23.0 Å². The fourth-order valence-corrected chi connectivity index (χ4v) is 2.73. The van der Waals surface area contributed by atoms with Crippen LogP contribution >= 0.6 is 0 Å². The number of carbonyl (C=O) groups is 2. The highest BCUT2D eigenvalue weighted by molar-refractivity contribution is 6.03. The van der Waals surface area contributed by atoms with E-state index in [-0.39, 0.29) is 41.6 Å². The molecule has 0 fully saturated rings. The summed E-state index contributed by atoms with van der Waals surface area (Å²) in [6.07, 6.45) is 0. The number of phenolic OH excluding ortho intramolecular Hbond substituents is 2. The van der Waals surface area contributed by atoms with Gasteiger partial charge in [-0.2, -0.15) is 4.89 Å². The fraction of sp³-hybridized carbons (Fsp3) is 0.0909. The molecule has 10 nitrogen and oxygen atoms in total. The van der Waals surface area contributed by atoms with Gasteiger partial charge in [-0.05, 0) is 65.7 Å². The molecular formula is C22H18O10. The van der Waals surface area contributed by atoms with Crippen molar-refractivity contribution in [3.8, 4) is 23.0 Å². The number of rotatable bonds is 9. The smallest absolute Gasteiger partial charge is 0.344 e. The van der Waals surface area contributed by atoms with Gasteiger partial charge in [0.2, 0.25) is 0 Å². The summed E-state index contributed by atoms with van der Waals surface area (Å²) >= 11 is 0. The first-order valence-corrected chi connectivity index (χ1v) is 9.12. The van der Waals surface area contributed by atoms with Crippen molar-refractivity contribution in [2.24, 2.45) is 0 Å². The lowest BCUT2D eigenvalue weighted by Crippen LogP contribution is -2.14. The highest BCUT2D eigenvalue weighted by Gasteiger charge is 2.19. The standard InChI is InChI=1S/C22H18O10/c23-15-2-1-13(14(9-15)11-29-28)12-30-32-18-6-4-17(5-7-18)31-22(27)19-8-3-16(24)10-20(19)21(25)26/h1-10,23-24,28H,11-12H2,(H,25,26). The SMILES string of the molecule is O=C(O)c1cc(O)ccc1C(=O)Oc1ccc(OOCc2ccc(O)cc2COO)cc1. The van der Waals surface area contributed by atoms with Crippen LogP contribution in [0.3, 0.4) is 0 Å². The number of ether oxygens (including phenoxy) is 1. The minimum absolute atomic E-state index is 0.00543. The highest BCUT2D eigenvalue weighted by atomic mass is 17.2. The molecule has 0 amide bonds.